The van der Waals surface area contributed by atoms with E-state index in [2.05, 4.69) is 4.99 Å². The Bertz CT molecular complexity index is 514. The second kappa shape index (κ2) is 3.60. The zero-order valence-corrected chi connectivity index (χ0v) is 9.66. The Morgan fingerprint density at radius 1 is 1.24 bits per heavy atom. The molecule has 1 aromatic carbocycles. The summed E-state index contributed by atoms with van der Waals surface area (Å²) < 4.78 is 11.1. The van der Waals surface area contributed by atoms with Crippen molar-refractivity contribution in [2.24, 2.45) is 4.99 Å². The highest BCUT2D eigenvalue weighted by molar-refractivity contribution is 5.53. The monoisotopic (exact) mass is 231 g/mol. The summed E-state index contributed by atoms with van der Waals surface area (Å²) >= 11 is 0. The average Bonchev–Trinajstić information content (AvgIpc) is 3.09. The average molecular weight is 231 g/mol. The van der Waals surface area contributed by atoms with E-state index in [1.54, 1.807) is 6.08 Å². The van der Waals surface area contributed by atoms with Crippen LogP contribution in [0.1, 0.15) is 24.0 Å². The van der Waals surface area contributed by atoms with Crippen molar-refractivity contribution >= 4 is 6.08 Å². The Hall–Kier alpha value is -1.80. The molecular formula is C13H13NO3. The third-order valence-electron chi connectivity index (χ3n) is 3.37. The number of benzene rings is 1. The van der Waals surface area contributed by atoms with Crippen molar-refractivity contribution in [3.63, 3.8) is 0 Å². The predicted molar refractivity (Wildman–Crippen MR) is 61.2 cm³/mol. The number of nitrogens with zero attached hydrogens (tertiary/aromatic N) is 1. The number of hydrogen-bond acceptors (Lipinski definition) is 4. The largest absolute Gasteiger partial charge is 0.486 e. The van der Waals surface area contributed by atoms with Crippen LogP contribution in [0.4, 0.5) is 0 Å². The number of ether oxygens (including phenoxy) is 2. The molecule has 0 saturated heterocycles. The molecule has 1 fully saturated rings. The minimum atomic E-state index is -0.346. The van der Waals surface area contributed by atoms with Crippen LogP contribution in [0.5, 0.6) is 11.5 Å². The van der Waals surface area contributed by atoms with Crippen LogP contribution in [0.15, 0.2) is 17.1 Å². The topological polar surface area (TPSA) is 47.9 Å². The molecule has 0 unspecified atom stereocenters. The van der Waals surface area contributed by atoms with Crippen LogP contribution < -0.4 is 9.47 Å². The molecule has 0 atom stereocenters. The van der Waals surface area contributed by atoms with E-state index in [-0.39, 0.29) is 5.54 Å². The van der Waals surface area contributed by atoms with Crippen molar-refractivity contribution in [2.75, 3.05) is 13.2 Å². The normalized spacial score (nSPS) is 19.4. The molecule has 0 amide bonds. The lowest BCUT2D eigenvalue weighted by Crippen LogP contribution is -2.17. The predicted octanol–water partition coefficient (Wildman–Crippen LogP) is 2.09. The SMILES string of the molecule is Cc1cc2c(cc1C1(N=C=O)CC1)OCCO2. The van der Waals surface area contributed by atoms with Crippen LogP contribution >= 0.6 is 0 Å². The highest BCUT2D eigenvalue weighted by Gasteiger charge is 2.46. The molecule has 1 aliphatic carbocycles. The van der Waals surface area contributed by atoms with Gasteiger partial charge in [-0.25, -0.2) is 4.79 Å². The summed E-state index contributed by atoms with van der Waals surface area (Å²) in [4.78, 5) is 14.4. The first kappa shape index (κ1) is 10.4. The maximum Gasteiger partial charge on any atom is 0.235 e. The first-order valence-corrected chi connectivity index (χ1v) is 5.75. The van der Waals surface area contributed by atoms with Gasteiger partial charge in [-0.1, -0.05) is 0 Å². The number of aryl methyl sites for hydroxylation is 1. The molecule has 0 spiro atoms. The van der Waals surface area contributed by atoms with Crippen LogP contribution in [0, 0.1) is 6.92 Å². The Morgan fingerprint density at radius 3 is 2.47 bits per heavy atom. The molecule has 1 aromatic rings. The maximum atomic E-state index is 10.5. The fraction of sp³-hybridized carbons (Fsp3) is 0.462. The molecule has 2 aliphatic rings. The molecule has 17 heavy (non-hydrogen) atoms. The third kappa shape index (κ3) is 1.61. The van der Waals surface area contributed by atoms with Gasteiger partial charge in [0.1, 0.15) is 13.2 Å². The van der Waals surface area contributed by atoms with Crippen molar-refractivity contribution in [3.8, 4) is 11.5 Å². The van der Waals surface area contributed by atoms with E-state index >= 15 is 0 Å². The van der Waals surface area contributed by atoms with Crippen LogP contribution in [0.25, 0.3) is 0 Å². The molecule has 4 nitrogen and oxygen atoms in total. The van der Waals surface area contributed by atoms with Crippen LogP contribution in [-0.4, -0.2) is 19.3 Å². The molecule has 1 aliphatic heterocycles. The Morgan fingerprint density at radius 2 is 1.88 bits per heavy atom. The Labute approximate surface area is 99.3 Å². The molecular weight excluding hydrogens is 218 g/mol. The van der Waals surface area contributed by atoms with Gasteiger partial charge in [-0.2, -0.15) is 4.99 Å². The Balaban J connectivity index is 2.08. The molecule has 3 rings (SSSR count). The van der Waals surface area contributed by atoms with E-state index in [9.17, 15) is 4.79 Å². The highest BCUT2D eigenvalue weighted by atomic mass is 16.6. The van der Waals surface area contributed by atoms with Crippen molar-refractivity contribution in [1.82, 2.24) is 0 Å². The fourth-order valence-electron chi connectivity index (χ4n) is 2.34. The van der Waals surface area contributed by atoms with E-state index in [1.165, 1.54) is 0 Å². The van der Waals surface area contributed by atoms with E-state index in [0.717, 1.165) is 35.5 Å². The van der Waals surface area contributed by atoms with Gasteiger partial charge in [0, 0.05) is 0 Å². The fourth-order valence-corrected chi connectivity index (χ4v) is 2.34. The van der Waals surface area contributed by atoms with Gasteiger partial charge < -0.3 is 9.47 Å². The van der Waals surface area contributed by atoms with Gasteiger partial charge >= 0.3 is 0 Å². The quantitative estimate of drug-likeness (QED) is 0.578. The van der Waals surface area contributed by atoms with Crippen molar-refractivity contribution in [1.29, 1.82) is 0 Å². The van der Waals surface area contributed by atoms with Gasteiger partial charge in [-0.15, -0.1) is 0 Å². The number of hydrogen-bond donors (Lipinski definition) is 0. The van der Waals surface area contributed by atoms with Crippen molar-refractivity contribution < 1.29 is 14.3 Å². The van der Waals surface area contributed by atoms with Gasteiger partial charge in [-0.3, -0.25) is 0 Å². The zero-order chi connectivity index (χ0) is 11.9. The van der Waals surface area contributed by atoms with Gasteiger partial charge in [-0.05, 0) is 43.0 Å². The molecule has 0 radical (unpaired) electrons. The van der Waals surface area contributed by atoms with Crippen molar-refractivity contribution in [3.05, 3.63) is 23.3 Å². The van der Waals surface area contributed by atoms with E-state index in [4.69, 9.17) is 9.47 Å². The molecule has 1 heterocycles. The number of isocyanates is 1. The summed E-state index contributed by atoms with van der Waals surface area (Å²) in [7, 11) is 0. The van der Waals surface area contributed by atoms with E-state index in [0.29, 0.717) is 13.2 Å². The molecule has 0 bridgehead atoms. The molecule has 0 N–H and O–H groups in total. The number of aliphatic imine (C=N–C) groups is 1. The molecule has 88 valence electrons. The Kier molecular flexibility index (Phi) is 2.20. The van der Waals surface area contributed by atoms with Crippen LogP contribution in [0.3, 0.4) is 0 Å². The smallest absolute Gasteiger partial charge is 0.235 e. The van der Waals surface area contributed by atoms with Crippen LogP contribution in [0.2, 0.25) is 0 Å². The lowest BCUT2D eigenvalue weighted by molar-refractivity contribution is 0.171. The summed E-state index contributed by atoms with van der Waals surface area (Å²) in [6.07, 6.45) is 3.49. The minimum Gasteiger partial charge on any atom is -0.486 e. The third-order valence-corrected chi connectivity index (χ3v) is 3.37. The summed E-state index contributed by atoms with van der Waals surface area (Å²) in [5.74, 6) is 1.53. The van der Waals surface area contributed by atoms with Gasteiger partial charge in [0.25, 0.3) is 0 Å². The second-order valence-electron chi connectivity index (χ2n) is 4.55. The van der Waals surface area contributed by atoms with E-state index < -0.39 is 0 Å². The lowest BCUT2D eigenvalue weighted by Gasteiger charge is -2.21. The number of rotatable bonds is 2. The standard InChI is InChI=1S/C13H13NO3/c1-9-6-11-12(17-5-4-16-11)7-10(9)13(2-3-13)14-8-15/h6-7H,2-5H2,1H3. The first-order chi connectivity index (χ1) is 8.25. The minimum absolute atomic E-state index is 0.346. The van der Waals surface area contributed by atoms with Gasteiger partial charge in [0.05, 0.1) is 5.54 Å². The highest BCUT2D eigenvalue weighted by Crippen LogP contribution is 2.52. The molecule has 0 aromatic heterocycles. The first-order valence-electron chi connectivity index (χ1n) is 5.75. The number of carbonyl (C=O) groups excluding carboxylic acids is 1. The molecule has 4 heteroatoms. The summed E-state index contributed by atoms with van der Waals surface area (Å²) in [5, 5.41) is 0. The van der Waals surface area contributed by atoms with Gasteiger partial charge in [0.2, 0.25) is 6.08 Å². The summed E-state index contributed by atoms with van der Waals surface area (Å²) in [5.41, 5.74) is 1.80. The lowest BCUT2D eigenvalue weighted by atomic mass is 9.98. The number of fused-ring (bicyclic) bond motifs is 1. The second-order valence-corrected chi connectivity index (χ2v) is 4.55. The van der Waals surface area contributed by atoms with Crippen LogP contribution in [-0.2, 0) is 10.3 Å². The maximum absolute atomic E-state index is 10.5. The summed E-state index contributed by atoms with van der Waals surface area (Å²) in [6.45, 7) is 3.16. The molecule has 1 saturated carbocycles. The zero-order valence-electron chi connectivity index (χ0n) is 9.66. The van der Waals surface area contributed by atoms with Gasteiger partial charge in [0.15, 0.2) is 11.5 Å². The van der Waals surface area contributed by atoms with E-state index in [1.807, 2.05) is 19.1 Å². The summed E-state index contributed by atoms with van der Waals surface area (Å²) in [6, 6.07) is 3.92. The van der Waals surface area contributed by atoms with Crippen molar-refractivity contribution in [2.45, 2.75) is 25.3 Å².